The molecule has 0 bridgehead atoms. The molecule has 4 heteroatoms. The summed E-state index contributed by atoms with van der Waals surface area (Å²) in [5.41, 5.74) is 1.32. The number of hydrogen-bond acceptors (Lipinski definition) is 3. The molecule has 0 saturated heterocycles. The van der Waals surface area contributed by atoms with Gasteiger partial charge in [0.2, 0.25) is 0 Å². The lowest BCUT2D eigenvalue weighted by molar-refractivity contribution is -0.384. The van der Waals surface area contributed by atoms with E-state index in [0.717, 1.165) is 25.5 Å². The third kappa shape index (κ3) is 4.00. The average molecular weight is 197 g/mol. The van der Waals surface area contributed by atoms with E-state index in [1.807, 2.05) is 12.1 Å². The monoisotopic (exact) mass is 197 g/mol. The highest BCUT2D eigenvalue weighted by Crippen LogP contribution is 2.12. The maximum atomic E-state index is 10.3. The summed E-state index contributed by atoms with van der Waals surface area (Å²) < 4.78 is 0. The maximum Gasteiger partial charge on any atom is 0.269 e. The van der Waals surface area contributed by atoms with Crippen molar-refractivity contribution in [2.45, 2.75) is 19.8 Å². The quantitative estimate of drug-likeness (QED) is 0.596. The van der Waals surface area contributed by atoms with Crippen LogP contribution in [0.5, 0.6) is 0 Å². The lowest BCUT2D eigenvalue weighted by Gasteiger charge is -1.96. The van der Waals surface area contributed by atoms with Crippen molar-refractivity contribution in [2.24, 2.45) is 0 Å². The molecular weight excluding hydrogens is 182 g/mol. The lowest BCUT2D eigenvalue weighted by atomic mass is 10.1. The molecule has 0 radical (unpaired) electrons. The lowest BCUT2D eigenvalue weighted by Crippen LogP contribution is -1.88. The van der Waals surface area contributed by atoms with Gasteiger partial charge in [0.15, 0.2) is 0 Å². The van der Waals surface area contributed by atoms with Crippen molar-refractivity contribution in [1.29, 1.82) is 0 Å². The largest absolute Gasteiger partial charge is 0.400 e. The highest BCUT2D eigenvalue weighted by Gasteiger charge is 2.02. The van der Waals surface area contributed by atoms with Crippen LogP contribution in [0.4, 0.5) is 5.69 Å². The van der Waals surface area contributed by atoms with Crippen LogP contribution in [0.15, 0.2) is 24.3 Å². The van der Waals surface area contributed by atoms with Crippen molar-refractivity contribution in [3.8, 4) is 0 Å². The van der Waals surface area contributed by atoms with Crippen molar-refractivity contribution >= 4 is 5.69 Å². The van der Waals surface area contributed by atoms with Gasteiger partial charge in [-0.15, -0.1) is 0 Å². The van der Waals surface area contributed by atoms with E-state index in [4.69, 9.17) is 5.11 Å². The van der Waals surface area contributed by atoms with Crippen LogP contribution < -0.4 is 0 Å². The summed E-state index contributed by atoms with van der Waals surface area (Å²) in [6, 6.07) is 6.71. The highest BCUT2D eigenvalue weighted by molar-refractivity contribution is 5.32. The van der Waals surface area contributed by atoms with Crippen molar-refractivity contribution in [3.63, 3.8) is 0 Å². The number of aliphatic hydroxyl groups excluding tert-OH is 1. The van der Waals surface area contributed by atoms with Gasteiger partial charge >= 0.3 is 0 Å². The molecule has 0 aliphatic carbocycles. The molecule has 0 amide bonds. The zero-order valence-electron chi connectivity index (χ0n) is 8.43. The van der Waals surface area contributed by atoms with Crippen molar-refractivity contribution in [2.75, 3.05) is 7.11 Å². The number of aliphatic hydroxyl groups is 1. The molecule has 0 aliphatic heterocycles. The number of aryl methyl sites for hydroxylation is 1. The number of benzene rings is 1. The minimum atomic E-state index is -0.379. The second-order valence-corrected chi connectivity index (χ2v) is 2.67. The van der Waals surface area contributed by atoms with Gasteiger partial charge in [0.05, 0.1) is 4.92 Å². The third-order valence-corrected chi connectivity index (χ3v) is 1.69. The topological polar surface area (TPSA) is 63.4 Å². The van der Waals surface area contributed by atoms with Crippen molar-refractivity contribution in [1.82, 2.24) is 0 Å². The first-order valence-electron chi connectivity index (χ1n) is 4.42. The molecule has 0 heterocycles. The fourth-order valence-electron chi connectivity index (χ4n) is 1.07. The number of hydrogen-bond donors (Lipinski definition) is 1. The summed E-state index contributed by atoms with van der Waals surface area (Å²) in [6.45, 7) is 2.08. The Hall–Kier alpha value is -1.42. The Bertz CT molecular complexity index is 269. The van der Waals surface area contributed by atoms with Crippen LogP contribution in [0.1, 0.15) is 18.9 Å². The van der Waals surface area contributed by atoms with Gasteiger partial charge in [0, 0.05) is 19.2 Å². The van der Waals surface area contributed by atoms with Gasteiger partial charge in [-0.2, -0.15) is 0 Å². The molecule has 0 fully saturated rings. The molecule has 0 atom stereocenters. The predicted molar refractivity (Wildman–Crippen MR) is 55.2 cm³/mol. The number of nitro benzene ring substituents is 1. The van der Waals surface area contributed by atoms with Crippen LogP contribution in [0, 0.1) is 10.1 Å². The molecule has 0 spiro atoms. The van der Waals surface area contributed by atoms with E-state index in [1.54, 1.807) is 12.1 Å². The highest BCUT2D eigenvalue weighted by atomic mass is 16.6. The van der Waals surface area contributed by atoms with Gasteiger partial charge < -0.3 is 5.11 Å². The van der Waals surface area contributed by atoms with Gasteiger partial charge in [0.1, 0.15) is 0 Å². The van der Waals surface area contributed by atoms with Crippen LogP contribution in [0.3, 0.4) is 0 Å². The van der Waals surface area contributed by atoms with E-state index in [2.05, 4.69) is 6.92 Å². The van der Waals surface area contributed by atoms with Crippen molar-refractivity contribution < 1.29 is 10.0 Å². The fourth-order valence-corrected chi connectivity index (χ4v) is 1.07. The zero-order valence-corrected chi connectivity index (χ0v) is 8.43. The molecule has 0 aliphatic rings. The maximum absolute atomic E-state index is 10.3. The summed E-state index contributed by atoms with van der Waals surface area (Å²) in [6.07, 6.45) is 2.05. The molecule has 1 aromatic carbocycles. The predicted octanol–water partition coefficient (Wildman–Crippen LogP) is 2.16. The first-order valence-corrected chi connectivity index (χ1v) is 4.42. The number of nitrogens with zero attached hydrogens (tertiary/aromatic N) is 1. The number of rotatable bonds is 3. The molecular formula is C10H15NO3. The van der Waals surface area contributed by atoms with Gasteiger partial charge in [-0.25, -0.2) is 0 Å². The van der Waals surface area contributed by atoms with Gasteiger partial charge in [-0.05, 0) is 12.0 Å². The van der Waals surface area contributed by atoms with E-state index in [1.165, 1.54) is 0 Å². The summed E-state index contributed by atoms with van der Waals surface area (Å²) >= 11 is 0. The molecule has 1 N–H and O–H groups in total. The summed E-state index contributed by atoms with van der Waals surface area (Å²) in [5, 5.41) is 17.3. The summed E-state index contributed by atoms with van der Waals surface area (Å²) in [4.78, 5) is 9.90. The van der Waals surface area contributed by atoms with Crippen LogP contribution >= 0.6 is 0 Å². The normalized spacial score (nSPS) is 8.79. The molecule has 14 heavy (non-hydrogen) atoms. The van der Waals surface area contributed by atoms with Gasteiger partial charge in [0.25, 0.3) is 5.69 Å². The fraction of sp³-hybridized carbons (Fsp3) is 0.400. The molecule has 0 aromatic heterocycles. The van der Waals surface area contributed by atoms with E-state index < -0.39 is 0 Å². The Kier molecular flexibility index (Phi) is 6.32. The van der Waals surface area contributed by atoms with Gasteiger partial charge in [-0.3, -0.25) is 10.1 Å². The zero-order chi connectivity index (χ0) is 11.0. The van der Waals surface area contributed by atoms with E-state index in [-0.39, 0.29) is 10.6 Å². The Morgan fingerprint density at radius 3 is 2.14 bits per heavy atom. The minimum Gasteiger partial charge on any atom is -0.400 e. The summed E-state index contributed by atoms with van der Waals surface area (Å²) in [5.74, 6) is 0. The Morgan fingerprint density at radius 1 is 1.29 bits per heavy atom. The molecule has 1 aromatic rings. The van der Waals surface area contributed by atoms with E-state index >= 15 is 0 Å². The second-order valence-electron chi connectivity index (χ2n) is 2.67. The SMILES string of the molecule is CCCc1ccc([N+](=O)[O-])cc1.CO. The minimum absolute atomic E-state index is 0.162. The third-order valence-electron chi connectivity index (χ3n) is 1.69. The first kappa shape index (κ1) is 12.6. The van der Waals surface area contributed by atoms with Crippen LogP contribution in [0.2, 0.25) is 0 Å². The Morgan fingerprint density at radius 2 is 1.79 bits per heavy atom. The van der Waals surface area contributed by atoms with Crippen LogP contribution in [-0.2, 0) is 6.42 Å². The van der Waals surface area contributed by atoms with Crippen LogP contribution in [0.25, 0.3) is 0 Å². The van der Waals surface area contributed by atoms with E-state index in [0.29, 0.717) is 0 Å². The van der Waals surface area contributed by atoms with Gasteiger partial charge in [-0.1, -0.05) is 25.5 Å². The summed E-state index contributed by atoms with van der Waals surface area (Å²) in [7, 11) is 1.00. The molecule has 4 nitrogen and oxygen atoms in total. The van der Waals surface area contributed by atoms with E-state index in [9.17, 15) is 10.1 Å². The smallest absolute Gasteiger partial charge is 0.269 e. The molecule has 0 unspecified atom stereocenters. The first-order chi connectivity index (χ1) is 6.74. The second kappa shape index (κ2) is 7.03. The Balaban J connectivity index is 0.000000791. The standard InChI is InChI=1S/C9H11NO2.CH4O/c1-2-3-8-4-6-9(7-5-8)10(11)12;1-2/h4-7H,2-3H2,1H3;2H,1H3. The van der Waals surface area contributed by atoms with Crippen molar-refractivity contribution in [3.05, 3.63) is 39.9 Å². The molecule has 78 valence electrons. The average Bonchev–Trinajstić information content (AvgIpc) is 2.22. The molecule has 0 saturated carbocycles. The number of nitro groups is 1. The van der Waals surface area contributed by atoms with Crippen LogP contribution in [-0.4, -0.2) is 17.1 Å². The Labute approximate surface area is 83.3 Å². The number of non-ortho nitro benzene ring substituents is 1. The molecule has 1 rings (SSSR count).